The molecule has 0 saturated heterocycles. The van der Waals surface area contributed by atoms with Crippen molar-refractivity contribution in [2.24, 2.45) is 0 Å². The molecule has 0 spiro atoms. The summed E-state index contributed by atoms with van der Waals surface area (Å²) in [5.41, 5.74) is 0. The van der Waals surface area contributed by atoms with Gasteiger partial charge in [-0.25, -0.2) is 0 Å². The van der Waals surface area contributed by atoms with E-state index in [0.717, 1.165) is 31.7 Å². The maximum atomic E-state index is 4.65. The molecule has 0 bridgehead atoms. The van der Waals surface area contributed by atoms with E-state index in [1.54, 1.807) is 6.20 Å². The van der Waals surface area contributed by atoms with Gasteiger partial charge in [-0.3, -0.25) is 0 Å². The van der Waals surface area contributed by atoms with E-state index in [4.69, 9.17) is 0 Å². The van der Waals surface area contributed by atoms with Crippen LogP contribution in [-0.4, -0.2) is 34.3 Å². The number of hydrogen-bond acceptors (Lipinski definition) is 5. The van der Waals surface area contributed by atoms with E-state index in [1.165, 1.54) is 32.1 Å². The molecule has 0 atom stereocenters. The smallest absolute Gasteiger partial charge is 0.244 e. The summed E-state index contributed by atoms with van der Waals surface area (Å²) in [5.74, 6) is 1.63. The van der Waals surface area contributed by atoms with Crippen LogP contribution < -0.4 is 10.2 Å². The topological polar surface area (TPSA) is 53.9 Å². The Morgan fingerprint density at radius 1 is 1.15 bits per heavy atom. The van der Waals surface area contributed by atoms with Crippen LogP contribution in [0, 0.1) is 0 Å². The quantitative estimate of drug-likeness (QED) is 0.829. The second-order valence-electron chi connectivity index (χ2n) is 5.60. The van der Waals surface area contributed by atoms with Crippen molar-refractivity contribution in [1.82, 2.24) is 15.2 Å². The normalized spacial score (nSPS) is 16.1. The van der Waals surface area contributed by atoms with Crippen molar-refractivity contribution in [3.63, 3.8) is 0 Å². The molecule has 1 heterocycles. The molecule has 0 radical (unpaired) electrons. The monoisotopic (exact) mass is 277 g/mol. The molecule has 1 N–H and O–H groups in total. The second kappa shape index (κ2) is 8.02. The van der Waals surface area contributed by atoms with Crippen molar-refractivity contribution in [1.29, 1.82) is 0 Å². The van der Waals surface area contributed by atoms with E-state index in [2.05, 4.69) is 39.2 Å². The van der Waals surface area contributed by atoms with Gasteiger partial charge >= 0.3 is 0 Å². The van der Waals surface area contributed by atoms with Crippen LogP contribution in [0.4, 0.5) is 11.8 Å². The molecular formula is C15H27N5. The predicted molar refractivity (Wildman–Crippen MR) is 83.1 cm³/mol. The number of anilines is 2. The molecule has 0 amide bonds. The summed E-state index contributed by atoms with van der Waals surface area (Å²) in [6.45, 7) is 6.43. The van der Waals surface area contributed by atoms with E-state index in [0.29, 0.717) is 12.0 Å². The van der Waals surface area contributed by atoms with Crippen LogP contribution in [0.2, 0.25) is 0 Å². The minimum Gasteiger partial charge on any atom is -0.355 e. The van der Waals surface area contributed by atoms with Gasteiger partial charge in [0.15, 0.2) is 5.82 Å². The minimum absolute atomic E-state index is 0.520. The van der Waals surface area contributed by atoms with Gasteiger partial charge in [0.1, 0.15) is 0 Å². The summed E-state index contributed by atoms with van der Waals surface area (Å²) in [6.07, 6.45) is 10.4. The standard InChI is InChI=1S/C15H27N5/c1-3-10-20(11-4-2)14-12-16-19-15(18-14)17-13-8-6-5-7-9-13/h12-13H,3-11H2,1-2H3,(H,17,18,19). The molecule has 0 aromatic carbocycles. The number of nitrogens with one attached hydrogen (secondary N) is 1. The van der Waals surface area contributed by atoms with E-state index >= 15 is 0 Å². The van der Waals surface area contributed by atoms with Crippen molar-refractivity contribution in [3.05, 3.63) is 6.20 Å². The Hall–Kier alpha value is -1.39. The second-order valence-corrected chi connectivity index (χ2v) is 5.60. The third kappa shape index (κ3) is 4.32. The molecule has 1 aliphatic carbocycles. The molecule has 0 unspecified atom stereocenters. The molecular weight excluding hydrogens is 250 g/mol. The summed E-state index contributed by atoms with van der Waals surface area (Å²) in [5, 5.41) is 11.7. The van der Waals surface area contributed by atoms with Crippen molar-refractivity contribution in [2.45, 2.75) is 64.8 Å². The van der Waals surface area contributed by atoms with Gasteiger partial charge in [-0.1, -0.05) is 33.1 Å². The first-order chi connectivity index (χ1) is 9.83. The molecule has 5 nitrogen and oxygen atoms in total. The summed E-state index contributed by atoms with van der Waals surface area (Å²) in [7, 11) is 0. The molecule has 5 heteroatoms. The van der Waals surface area contributed by atoms with E-state index in [1.807, 2.05) is 0 Å². The van der Waals surface area contributed by atoms with E-state index < -0.39 is 0 Å². The summed E-state index contributed by atoms with van der Waals surface area (Å²) in [4.78, 5) is 6.94. The van der Waals surface area contributed by atoms with Crippen LogP contribution in [0.25, 0.3) is 0 Å². The molecule has 1 fully saturated rings. The largest absolute Gasteiger partial charge is 0.355 e. The molecule has 0 aliphatic heterocycles. The Balaban J connectivity index is 2.01. The van der Waals surface area contributed by atoms with Crippen LogP contribution in [-0.2, 0) is 0 Å². The van der Waals surface area contributed by atoms with Gasteiger partial charge < -0.3 is 10.2 Å². The zero-order chi connectivity index (χ0) is 14.2. The number of rotatable bonds is 7. The van der Waals surface area contributed by atoms with E-state index in [-0.39, 0.29) is 0 Å². The molecule has 112 valence electrons. The van der Waals surface area contributed by atoms with Gasteiger partial charge in [-0.05, 0) is 25.7 Å². The van der Waals surface area contributed by atoms with E-state index in [9.17, 15) is 0 Å². The maximum absolute atomic E-state index is 4.65. The SMILES string of the molecule is CCCN(CCC)c1cnnc(NC2CCCCC2)n1. The van der Waals surface area contributed by atoms with Gasteiger partial charge in [-0.15, -0.1) is 5.10 Å². The number of nitrogens with zero attached hydrogens (tertiary/aromatic N) is 4. The third-order valence-electron chi connectivity index (χ3n) is 3.80. The Morgan fingerprint density at radius 2 is 1.85 bits per heavy atom. The lowest BCUT2D eigenvalue weighted by molar-refractivity contribution is 0.460. The lowest BCUT2D eigenvalue weighted by Gasteiger charge is -2.24. The van der Waals surface area contributed by atoms with Crippen LogP contribution in [0.15, 0.2) is 6.20 Å². The lowest BCUT2D eigenvalue weighted by atomic mass is 9.96. The average molecular weight is 277 g/mol. The first kappa shape index (κ1) is 15.0. The molecule has 20 heavy (non-hydrogen) atoms. The minimum atomic E-state index is 0.520. The Bertz CT molecular complexity index is 384. The molecule has 1 saturated carbocycles. The van der Waals surface area contributed by atoms with Gasteiger partial charge in [0.05, 0.1) is 6.20 Å². The molecule has 1 aromatic rings. The summed E-state index contributed by atoms with van der Waals surface area (Å²) in [6, 6.07) is 0.520. The fourth-order valence-electron chi connectivity index (χ4n) is 2.82. The van der Waals surface area contributed by atoms with Crippen molar-refractivity contribution in [3.8, 4) is 0 Å². The zero-order valence-electron chi connectivity index (χ0n) is 12.8. The van der Waals surface area contributed by atoms with Gasteiger partial charge in [0, 0.05) is 19.1 Å². The predicted octanol–water partition coefficient (Wildman–Crippen LogP) is 3.24. The van der Waals surface area contributed by atoms with Crippen LogP contribution in [0.5, 0.6) is 0 Å². The highest BCUT2D eigenvalue weighted by Gasteiger charge is 2.15. The summed E-state index contributed by atoms with van der Waals surface area (Å²) < 4.78 is 0. The molecule has 1 aliphatic rings. The van der Waals surface area contributed by atoms with Gasteiger partial charge in [-0.2, -0.15) is 10.1 Å². The van der Waals surface area contributed by atoms with Crippen LogP contribution in [0.1, 0.15) is 58.8 Å². The molecule has 1 aromatic heterocycles. The van der Waals surface area contributed by atoms with Crippen molar-refractivity contribution < 1.29 is 0 Å². The summed E-state index contributed by atoms with van der Waals surface area (Å²) >= 11 is 0. The Labute approximate surface area is 122 Å². The van der Waals surface area contributed by atoms with Crippen LogP contribution >= 0.6 is 0 Å². The number of aromatic nitrogens is 3. The Kier molecular flexibility index (Phi) is 6.02. The first-order valence-electron chi connectivity index (χ1n) is 8.04. The zero-order valence-corrected chi connectivity index (χ0v) is 12.8. The lowest BCUT2D eigenvalue weighted by Crippen LogP contribution is -2.28. The van der Waals surface area contributed by atoms with Gasteiger partial charge in [0.2, 0.25) is 5.95 Å². The molecule has 2 rings (SSSR count). The fourth-order valence-corrected chi connectivity index (χ4v) is 2.82. The highest BCUT2D eigenvalue weighted by molar-refractivity contribution is 5.40. The highest BCUT2D eigenvalue weighted by atomic mass is 15.3. The van der Waals surface area contributed by atoms with Crippen molar-refractivity contribution in [2.75, 3.05) is 23.3 Å². The fraction of sp³-hybridized carbons (Fsp3) is 0.800. The van der Waals surface area contributed by atoms with Crippen LogP contribution in [0.3, 0.4) is 0 Å². The van der Waals surface area contributed by atoms with Gasteiger partial charge in [0.25, 0.3) is 0 Å². The maximum Gasteiger partial charge on any atom is 0.244 e. The third-order valence-corrected chi connectivity index (χ3v) is 3.80. The highest BCUT2D eigenvalue weighted by Crippen LogP contribution is 2.20. The average Bonchev–Trinajstić information content (AvgIpc) is 2.48. The van der Waals surface area contributed by atoms with Crippen molar-refractivity contribution >= 4 is 11.8 Å². The Morgan fingerprint density at radius 3 is 2.50 bits per heavy atom. The number of hydrogen-bond donors (Lipinski definition) is 1. The first-order valence-corrected chi connectivity index (χ1v) is 8.04.